The van der Waals surface area contributed by atoms with Crippen LogP contribution in [0, 0.1) is 11.8 Å². The van der Waals surface area contributed by atoms with Gasteiger partial charge in [-0.05, 0) is 45.6 Å². The van der Waals surface area contributed by atoms with E-state index in [0.29, 0.717) is 45.4 Å². The van der Waals surface area contributed by atoms with Gasteiger partial charge in [-0.2, -0.15) is 0 Å². The molecule has 0 bridgehead atoms. The third-order valence-corrected chi connectivity index (χ3v) is 8.86. The molecule has 5 atom stereocenters. The van der Waals surface area contributed by atoms with E-state index in [0.717, 1.165) is 5.56 Å². The van der Waals surface area contributed by atoms with E-state index in [1.54, 1.807) is 14.7 Å². The highest BCUT2D eigenvalue weighted by Gasteiger charge is 2.75. The van der Waals surface area contributed by atoms with E-state index in [4.69, 9.17) is 4.74 Å². The van der Waals surface area contributed by atoms with Gasteiger partial charge in [-0.3, -0.25) is 14.4 Å². The second-order valence-electron chi connectivity index (χ2n) is 12.2. The average Bonchev–Trinajstić information content (AvgIpc) is 3.18. The van der Waals surface area contributed by atoms with E-state index < -0.39 is 34.6 Å². The van der Waals surface area contributed by atoms with Crippen LogP contribution in [-0.2, 0) is 25.7 Å². The molecule has 2 saturated heterocycles. The Bertz CT molecular complexity index is 1170. The zero-order chi connectivity index (χ0) is 28.0. The lowest BCUT2D eigenvalue weighted by Gasteiger charge is -2.41. The zero-order valence-corrected chi connectivity index (χ0v) is 23.5. The third kappa shape index (κ3) is 4.42. The quantitative estimate of drug-likeness (QED) is 0.428. The van der Waals surface area contributed by atoms with Gasteiger partial charge in [-0.25, -0.2) is 0 Å². The number of carbonyl (C=O) groups excluding carboxylic acids is 3. The highest BCUT2D eigenvalue weighted by Crippen LogP contribution is 2.58. The fourth-order valence-corrected chi connectivity index (χ4v) is 6.99. The van der Waals surface area contributed by atoms with Gasteiger partial charge in [0.15, 0.2) is 0 Å². The van der Waals surface area contributed by atoms with Crippen molar-refractivity contribution in [3.05, 3.63) is 60.2 Å². The number of benzene rings is 1. The van der Waals surface area contributed by atoms with Crippen LogP contribution in [0.3, 0.4) is 0 Å². The van der Waals surface area contributed by atoms with Crippen molar-refractivity contribution in [2.45, 2.75) is 76.3 Å². The number of aliphatic hydroxyl groups is 1. The summed E-state index contributed by atoms with van der Waals surface area (Å²) in [6.07, 6.45) is 9.38. The van der Waals surface area contributed by atoms with E-state index in [-0.39, 0.29) is 24.3 Å². The Hall–Kier alpha value is -2.97. The lowest BCUT2D eigenvalue weighted by molar-refractivity contribution is -0.156. The van der Waals surface area contributed by atoms with Crippen molar-refractivity contribution < 1.29 is 24.2 Å². The molecular weight excluding hydrogens is 494 g/mol. The van der Waals surface area contributed by atoms with Gasteiger partial charge in [0.1, 0.15) is 11.6 Å². The second-order valence-corrected chi connectivity index (χ2v) is 12.2. The number of nitrogens with zero attached hydrogens (tertiary/aromatic N) is 3. The van der Waals surface area contributed by atoms with Crippen molar-refractivity contribution in [2.75, 3.05) is 26.2 Å². The lowest BCUT2D eigenvalue weighted by Crippen LogP contribution is -2.59. The Morgan fingerprint density at radius 3 is 2.33 bits per heavy atom. The molecule has 1 spiro atoms. The number of hydrogen-bond donors (Lipinski definition) is 1. The second kappa shape index (κ2) is 10.2. The van der Waals surface area contributed by atoms with Gasteiger partial charge in [0.05, 0.1) is 17.4 Å². The van der Waals surface area contributed by atoms with E-state index in [1.165, 1.54) is 0 Å². The summed E-state index contributed by atoms with van der Waals surface area (Å²) in [5.74, 6) is -2.05. The van der Waals surface area contributed by atoms with E-state index in [9.17, 15) is 19.5 Å². The minimum Gasteiger partial charge on any atom is -0.396 e. The molecule has 4 aliphatic heterocycles. The number of unbranched alkanes of at least 4 members (excludes halogenated alkanes) is 1. The molecule has 1 aromatic rings. The first-order valence-corrected chi connectivity index (χ1v) is 14.2. The van der Waals surface area contributed by atoms with Crippen LogP contribution in [-0.4, -0.2) is 86.6 Å². The van der Waals surface area contributed by atoms with Crippen LogP contribution < -0.4 is 0 Å². The average molecular weight is 536 g/mol. The van der Waals surface area contributed by atoms with Crippen LogP contribution in [0.1, 0.15) is 52.5 Å². The molecule has 8 heteroatoms. The number of hydrogen-bond acceptors (Lipinski definition) is 5. The summed E-state index contributed by atoms with van der Waals surface area (Å²) in [6.45, 7) is 9.56. The highest BCUT2D eigenvalue weighted by atomic mass is 16.5. The summed E-state index contributed by atoms with van der Waals surface area (Å²) < 4.78 is 7.00. The van der Waals surface area contributed by atoms with Crippen LogP contribution in [0.25, 0.3) is 0 Å². The zero-order valence-electron chi connectivity index (χ0n) is 23.5. The normalized spacial score (nSPS) is 32.3. The standard InChI is InChI=1S/C31H41N3O5/c1-5-30-15-11-17-32(21-22-13-7-6-8-14-22)26(36)23(30)24-27(37)33(18-9-10-20-35)25-28(38)34(29(2,3)4)19-12-16-31(24,25)39-30/h6-8,11-16,23-25,35H,5,9-10,17-21H2,1-4H3/t23-,24-,25?,30+,31-/m0/s1. The summed E-state index contributed by atoms with van der Waals surface area (Å²) in [5, 5.41) is 9.41. The Morgan fingerprint density at radius 1 is 0.949 bits per heavy atom. The Morgan fingerprint density at radius 2 is 1.67 bits per heavy atom. The molecule has 39 heavy (non-hydrogen) atoms. The molecule has 5 rings (SSSR count). The van der Waals surface area contributed by atoms with Gasteiger partial charge in [0.25, 0.3) is 0 Å². The van der Waals surface area contributed by atoms with Crippen LogP contribution in [0.15, 0.2) is 54.6 Å². The predicted molar refractivity (Wildman–Crippen MR) is 147 cm³/mol. The highest BCUT2D eigenvalue weighted by molar-refractivity contribution is 6.00. The van der Waals surface area contributed by atoms with Crippen molar-refractivity contribution in [2.24, 2.45) is 11.8 Å². The van der Waals surface area contributed by atoms with E-state index >= 15 is 0 Å². The molecule has 2 fully saturated rings. The first-order valence-electron chi connectivity index (χ1n) is 14.2. The number of rotatable bonds is 7. The molecule has 1 unspecified atom stereocenters. The van der Waals surface area contributed by atoms with Gasteiger partial charge in [-0.15, -0.1) is 0 Å². The Balaban J connectivity index is 1.60. The van der Waals surface area contributed by atoms with Gasteiger partial charge in [0.2, 0.25) is 17.7 Å². The molecule has 210 valence electrons. The summed E-state index contributed by atoms with van der Waals surface area (Å²) in [4.78, 5) is 48.3. The first-order chi connectivity index (χ1) is 18.6. The lowest BCUT2D eigenvalue weighted by atomic mass is 9.73. The Labute approximate surface area is 231 Å². The molecule has 0 saturated carbocycles. The summed E-state index contributed by atoms with van der Waals surface area (Å²) in [6, 6.07) is 8.98. The van der Waals surface area contributed by atoms with Gasteiger partial charge in [-0.1, -0.05) is 61.6 Å². The number of fused-ring (bicyclic) bond motifs is 2. The summed E-state index contributed by atoms with van der Waals surface area (Å²) >= 11 is 0. The first kappa shape index (κ1) is 27.6. The minimum atomic E-state index is -1.25. The van der Waals surface area contributed by atoms with E-state index in [1.807, 2.05) is 82.3 Å². The maximum atomic E-state index is 14.4. The van der Waals surface area contributed by atoms with Crippen LogP contribution >= 0.6 is 0 Å². The van der Waals surface area contributed by atoms with Crippen LogP contribution in [0.5, 0.6) is 0 Å². The van der Waals surface area contributed by atoms with E-state index in [2.05, 4.69) is 0 Å². The maximum absolute atomic E-state index is 14.4. The molecule has 4 heterocycles. The molecule has 3 amide bonds. The fourth-order valence-electron chi connectivity index (χ4n) is 6.99. The number of carbonyl (C=O) groups is 3. The van der Waals surface area contributed by atoms with Gasteiger partial charge < -0.3 is 24.5 Å². The largest absolute Gasteiger partial charge is 0.396 e. The van der Waals surface area contributed by atoms with Gasteiger partial charge >= 0.3 is 0 Å². The molecule has 1 N–H and O–H groups in total. The van der Waals surface area contributed by atoms with Crippen molar-refractivity contribution in [3.8, 4) is 0 Å². The molecule has 0 aromatic heterocycles. The Kier molecular flexibility index (Phi) is 7.22. The SMILES string of the molecule is CC[C@@]12C=CCN(Cc3ccccc3)C(=O)[C@@H]1[C@H]1C(=O)N(CCCCO)C3C(=O)N(C(C)(C)C)CC=C[C@@]31O2. The molecule has 0 aliphatic carbocycles. The van der Waals surface area contributed by atoms with Crippen molar-refractivity contribution in [3.63, 3.8) is 0 Å². The number of amides is 3. The summed E-state index contributed by atoms with van der Waals surface area (Å²) in [7, 11) is 0. The van der Waals surface area contributed by atoms with Crippen molar-refractivity contribution >= 4 is 17.7 Å². The van der Waals surface area contributed by atoms with Crippen molar-refractivity contribution in [1.82, 2.24) is 14.7 Å². The number of likely N-dealkylation sites (tertiary alicyclic amines) is 1. The topological polar surface area (TPSA) is 90.4 Å². The molecular formula is C31H41N3O5. The smallest absolute Gasteiger partial charge is 0.249 e. The van der Waals surface area contributed by atoms with Crippen LogP contribution in [0.2, 0.25) is 0 Å². The predicted octanol–water partition coefficient (Wildman–Crippen LogP) is 2.92. The maximum Gasteiger partial charge on any atom is 0.249 e. The molecule has 4 aliphatic rings. The molecule has 1 aromatic carbocycles. The molecule has 8 nitrogen and oxygen atoms in total. The number of ether oxygens (including phenoxy) is 1. The summed E-state index contributed by atoms with van der Waals surface area (Å²) in [5.41, 5.74) is -1.68. The number of aliphatic hydroxyl groups excluding tert-OH is 1. The van der Waals surface area contributed by atoms with Crippen molar-refractivity contribution in [1.29, 1.82) is 0 Å². The monoisotopic (exact) mass is 535 g/mol. The third-order valence-electron chi connectivity index (χ3n) is 8.86. The minimum absolute atomic E-state index is 0.0129. The van der Waals surface area contributed by atoms with Gasteiger partial charge in [0, 0.05) is 38.3 Å². The molecule has 0 radical (unpaired) electrons. The van der Waals surface area contributed by atoms with Crippen LogP contribution in [0.4, 0.5) is 0 Å². The fraction of sp³-hybridized carbons (Fsp3) is 0.581.